The number of aromatic nitrogens is 5. The molecule has 0 aliphatic heterocycles. The molecule has 0 saturated heterocycles. The number of carbonyl (C=O) groups excluding carboxylic acids is 1. The summed E-state index contributed by atoms with van der Waals surface area (Å²) in [5.74, 6) is 0.544. The predicted octanol–water partition coefficient (Wildman–Crippen LogP) is 4.41. The first-order valence-corrected chi connectivity index (χ1v) is 11.4. The van der Waals surface area contributed by atoms with Crippen molar-refractivity contribution in [1.29, 1.82) is 0 Å². The quantitative estimate of drug-likeness (QED) is 0.375. The number of anilines is 2. The van der Waals surface area contributed by atoms with Gasteiger partial charge >= 0.3 is 0 Å². The molecule has 2 aromatic carbocycles. The highest BCUT2D eigenvalue weighted by Crippen LogP contribution is 2.52. The van der Waals surface area contributed by atoms with E-state index in [-0.39, 0.29) is 11.3 Å². The van der Waals surface area contributed by atoms with Gasteiger partial charge in [0.25, 0.3) is 5.91 Å². The maximum absolute atomic E-state index is 13.0. The van der Waals surface area contributed by atoms with Crippen molar-refractivity contribution < 1.29 is 4.79 Å². The number of rotatable bonds is 5. The zero-order chi connectivity index (χ0) is 24.0. The Morgan fingerprint density at radius 2 is 1.89 bits per heavy atom. The van der Waals surface area contributed by atoms with Gasteiger partial charge in [0.05, 0.1) is 33.9 Å². The number of nitrogen functional groups attached to an aromatic ring is 1. The van der Waals surface area contributed by atoms with Crippen LogP contribution in [0.1, 0.15) is 40.3 Å². The van der Waals surface area contributed by atoms with Crippen molar-refractivity contribution in [2.45, 2.75) is 25.2 Å². The zero-order valence-corrected chi connectivity index (χ0v) is 19.1. The third-order valence-corrected chi connectivity index (χ3v) is 6.57. The number of para-hydroxylation sites is 2. The molecule has 0 atom stereocenters. The van der Waals surface area contributed by atoms with Gasteiger partial charge < -0.3 is 11.1 Å². The summed E-state index contributed by atoms with van der Waals surface area (Å²) in [6.45, 7) is 1.97. The van der Waals surface area contributed by atoms with Crippen molar-refractivity contribution >= 4 is 22.9 Å². The largest absolute Gasteiger partial charge is 0.397 e. The monoisotopic (exact) mass is 461 g/mol. The van der Waals surface area contributed by atoms with E-state index in [0.29, 0.717) is 16.9 Å². The molecular weight excluding hydrogens is 438 g/mol. The van der Waals surface area contributed by atoms with Crippen LogP contribution in [-0.4, -0.2) is 30.2 Å². The van der Waals surface area contributed by atoms with E-state index in [2.05, 4.69) is 20.3 Å². The summed E-state index contributed by atoms with van der Waals surface area (Å²) >= 11 is 0. The number of benzene rings is 2. The molecule has 172 valence electrons. The molecule has 1 saturated carbocycles. The molecule has 8 nitrogen and oxygen atoms in total. The fraction of sp³-hybridized carbons (Fsp3) is 0.148. The lowest BCUT2D eigenvalue weighted by atomic mass is 9.93. The van der Waals surface area contributed by atoms with Crippen molar-refractivity contribution in [2.24, 2.45) is 0 Å². The van der Waals surface area contributed by atoms with Gasteiger partial charge in [-0.05, 0) is 61.7 Å². The number of aryl methyl sites for hydroxylation is 1. The van der Waals surface area contributed by atoms with Gasteiger partial charge in [0.1, 0.15) is 17.8 Å². The summed E-state index contributed by atoms with van der Waals surface area (Å²) in [4.78, 5) is 31.5. The van der Waals surface area contributed by atoms with E-state index in [1.807, 2.05) is 53.8 Å². The molecule has 8 heteroatoms. The molecule has 0 radical (unpaired) electrons. The van der Waals surface area contributed by atoms with Gasteiger partial charge in [-0.25, -0.2) is 19.9 Å². The smallest absolute Gasteiger partial charge is 0.255 e. The van der Waals surface area contributed by atoms with Crippen LogP contribution in [0.15, 0.2) is 79.4 Å². The molecule has 1 aliphatic carbocycles. The number of amides is 1. The van der Waals surface area contributed by atoms with Crippen molar-refractivity contribution in [2.75, 3.05) is 11.1 Å². The van der Waals surface area contributed by atoms with Crippen molar-refractivity contribution in [1.82, 2.24) is 24.3 Å². The minimum absolute atomic E-state index is 0.205. The average molecular weight is 462 g/mol. The van der Waals surface area contributed by atoms with E-state index in [0.717, 1.165) is 47.0 Å². The molecule has 3 aromatic heterocycles. The Labute approximate surface area is 201 Å². The van der Waals surface area contributed by atoms with E-state index in [4.69, 9.17) is 10.7 Å². The first-order chi connectivity index (χ1) is 17.0. The minimum Gasteiger partial charge on any atom is -0.397 e. The van der Waals surface area contributed by atoms with Crippen LogP contribution in [0.3, 0.4) is 0 Å². The topological polar surface area (TPSA) is 111 Å². The summed E-state index contributed by atoms with van der Waals surface area (Å²) in [5.41, 5.74) is 11.8. The van der Waals surface area contributed by atoms with Crippen LogP contribution < -0.4 is 11.1 Å². The van der Waals surface area contributed by atoms with E-state index >= 15 is 0 Å². The Kier molecular flexibility index (Phi) is 4.81. The lowest BCUT2D eigenvalue weighted by Gasteiger charge is -2.16. The van der Waals surface area contributed by atoms with Gasteiger partial charge in [0.15, 0.2) is 0 Å². The number of carbonyl (C=O) groups is 1. The second-order valence-electron chi connectivity index (χ2n) is 8.82. The van der Waals surface area contributed by atoms with E-state index in [1.165, 1.54) is 0 Å². The Hall–Kier alpha value is -4.59. The van der Waals surface area contributed by atoms with Crippen LogP contribution in [0.4, 0.5) is 11.4 Å². The van der Waals surface area contributed by atoms with Gasteiger partial charge in [0.2, 0.25) is 0 Å². The maximum atomic E-state index is 13.0. The highest BCUT2D eigenvalue weighted by molar-refractivity contribution is 6.05. The molecule has 3 heterocycles. The van der Waals surface area contributed by atoms with Gasteiger partial charge in [-0.15, -0.1) is 0 Å². The first-order valence-electron chi connectivity index (χ1n) is 11.4. The lowest BCUT2D eigenvalue weighted by molar-refractivity contribution is 0.102. The fourth-order valence-corrected chi connectivity index (χ4v) is 4.58. The van der Waals surface area contributed by atoms with Crippen LogP contribution in [0.25, 0.3) is 17.0 Å². The van der Waals surface area contributed by atoms with E-state index in [9.17, 15) is 4.79 Å². The Morgan fingerprint density at radius 1 is 1.03 bits per heavy atom. The van der Waals surface area contributed by atoms with Crippen molar-refractivity contribution in [3.8, 4) is 11.4 Å². The second kappa shape index (κ2) is 8.02. The molecule has 0 bridgehead atoms. The fourth-order valence-electron chi connectivity index (χ4n) is 4.58. The molecule has 35 heavy (non-hydrogen) atoms. The summed E-state index contributed by atoms with van der Waals surface area (Å²) < 4.78 is 1.95. The molecule has 1 aliphatic rings. The molecule has 5 aromatic rings. The number of hydrogen-bond donors (Lipinski definition) is 2. The molecule has 3 N–H and O–H groups in total. The second-order valence-corrected chi connectivity index (χ2v) is 8.82. The lowest BCUT2D eigenvalue weighted by Crippen LogP contribution is -2.17. The molecule has 1 fully saturated rings. The Bertz CT molecular complexity index is 1590. The number of fused-ring (bicyclic) bond motifs is 1. The first kappa shape index (κ1) is 21.0. The van der Waals surface area contributed by atoms with Crippen molar-refractivity contribution in [3.63, 3.8) is 0 Å². The number of nitrogens with two attached hydrogens (primary N) is 1. The summed E-state index contributed by atoms with van der Waals surface area (Å²) in [6.07, 6.45) is 7.11. The van der Waals surface area contributed by atoms with Crippen molar-refractivity contribution in [3.05, 3.63) is 102 Å². The summed E-state index contributed by atoms with van der Waals surface area (Å²) in [7, 11) is 0. The summed E-state index contributed by atoms with van der Waals surface area (Å²) in [5, 5.41) is 2.91. The highest BCUT2D eigenvalue weighted by atomic mass is 16.1. The Morgan fingerprint density at radius 3 is 2.71 bits per heavy atom. The highest BCUT2D eigenvalue weighted by Gasteiger charge is 2.49. The maximum Gasteiger partial charge on any atom is 0.255 e. The predicted molar refractivity (Wildman–Crippen MR) is 134 cm³/mol. The van der Waals surface area contributed by atoms with Gasteiger partial charge in [-0.1, -0.05) is 24.3 Å². The minimum atomic E-state index is -0.315. The van der Waals surface area contributed by atoms with Gasteiger partial charge in [0, 0.05) is 18.0 Å². The third-order valence-electron chi connectivity index (χ3n) is 6.57. The molecule has 0 spiro atoms. The SMILES string of the molecule is Cc1nc2ccncn2c1-c1ccnc(C2(c3cccc(C(=O)Nc4ccccc4N)c3)CC2)n1. The van der Waals surface area contributed by atoms with Crippen LogP contribution in [-0.2, 0) is 5.41 Å². The van der Waals surface area contributed by atoms with Crippen LogP contribution in [0, 0.1) is 6.92 Å². The summed E-state index contributed by atoms with van der Waals surface area (Å²) in [6, 6.07) is 18.7. The number of nitrogens with zero attached hydrogens (tertiary/aromatic N) is 5. The molecule has 6 rings (SSSR count). The van der Waals surface area contributed by atoms with Crippen LogP contribution >= 0.6 is 0 Å². The van der Waals surface area contributed by atoms with Gasteiger partial charge in [-0.3, -0.25) is 9.20 Å². The molecule has 1 amide bonds. The van der Waals surface area contributed by atoms with Gasteiger partial charge in [-0.2, -0.15) is 0 Å². The average Bonchev–Trinajstić information content (AvgIpc) is 3.62. The van der Waals surface area contributed by atoms with Crippen LogP contribution in [0.5, 0.6) is 0 Å². The standard InChI is InChI=1S/C27H23N7O/c1-17-24(34-16-29-13-10-23(34)31-17)22-9-14-30-26(33-22)27(11-12-27)19-6-4-5-18(15-19)25(35)32-21-8-3-2-7-20(21)28/h2-10,13-16H,11-12,28H2,1H3,(H,32,35). The number of imidazole rings is 1. The van der Waals surface area contributed by atoms with Crippen LogP contribution in [0.2, 0.25) is 0 Å². The molecular formula is C27H23N7O. The molecule has 0 unspecified atom stereocenters. The Balaban J connectivity index is 1.35. The normalized spacial score (nSPS) is 14.1. The zero-order valence-electron chi connectivity index (χ0n) is 19.1. The van der Waals surface area contributed by atoms with E-state index < -0.39 is 0 Å². The third kappa shape index (κ3) is 3.59. The van der Waals surface area contributed by atoms with E-state index in [1.54, 1.807) is 36.9 Å². The number of nitrogens with one attached hydrogen (secondary N) is 1. The number of hydrogen-bond acceptors (Lipinski definition) is 6.